The average molecular weight is 463 g/mol. The maximum Gasteiger partial charge on any atom is 0.313 e. The first-order valence-electron chi connectivity index (χ1n) is 10.5. The largest absolute Gasteiger partial charge is 0.494 e. The highest BCUT2D eigenvalue weighted by molar-refractivity contribution is 5.92. The fourth-order valence-corrected chi connectivity index (χ4v) is 3.49. The van der Waals surface area contributed by atoms with Crippen molar-refractivity contribution in [3.8, 4) is 22.9 Å². The lowest BCUT2D eigenvalue weighted by Gasteiger charge is -2.14. The second-order valence-electron chi connectivity index (χ2n) is 7.81. The molecule has 176 valence electrons. The van der Waals surface area contributed by atoms with Gasteiger partial charge in [0.2, 0.25) is 11.7 Å². The van der Waals surface area contributed by atoms with E-state index in [0.717, 1.165) is 10.9 Å². The van der Waals surface area contributed by atoms with Crippen LogP contribution in [0, 0.1) is 10.1 Å². The van der Waals surface area contributed by atoms with Crippen LogP contribution in [0.3, 0.4) is 0 Å². The Bertz CT molecular complexity index is 1340. The molecule has 0 bridgehead atoms. The Balaban J connectivity index is 1.67. The summed E-state index contributed by atoms with van der Waals surface area (Å²) in [4.78, 5) is 22.0. The molecule has 0 radical (unpaired) electrons. The van der Waals surface area contributed by atoms with Gasteiger partial charge in [-0.25, -0.2) is 9.97 Å². The zero-order chi connectivity index (χ0) is 24.2. The number of likely N-dealkylation sites (N-methyl/N-ethyl adjacent to an activating group) is 1. The number of ether oxygens (including phenoxy) is 2. The lowest BCUT2D eigenvalue weighted by atomic mass is 10.1. The maximum absolute atomic E-state index is 11.7. The molecule has 0 saturated carbocycles. The van der Waals surface area contributed by atoms with Gasteiger partial charge in [-0.3, -0.25) is 14.8 Å². The fourth-order valence-electron chi connectivity index (χ4n) is 3.49. The van der Waals surface area contributed by atoms with E-state index in [-0.39, 0.29) is 17.4 Å². The molecular formula is C23H25N7O4. The summed E-state index contributed by atoms with van der Waals surface area (Å²) < 4.78 is 12.9. The molecule has 11 nitrogen and oxygen atoms in total. The van der Waals surface area contributed by atoms with Gasteiger partial charge in [-0.15, -0.1) is 0 Å². The number of methoxy groups -OCH3 is 1. The molecule has 0 aliphatic rings. The zero-order valence-electron chi connectivity index (χ0n) is 19.3. The molecule has 0 atom stereocenters. The Kier molecular flexibility index (Phi) is 6.55. The molecule has 2 heterocycles. The van der Waals surface area contributed by atoms with Crippen LogP contribution < -0.4 is 14.8 Å². The minimum absolute atomic E-state index is 0.129. The number of benzene rings is 2. The molecule has 4 rings (SSSR count). The Labute approximate surface area is 196 Å². The summed E-state index contributed by atoms with van der Waals surface area (Å²) in [6.07, 6.45) is 1.60. The molecule has 4 aromatic rings. The van der Waals surface area contributed by atoms with E-state index in [1.165, 1.54) is 19.2 Å². The summed E-state index contributed by atoms with van der Waals surface area (Å²) in [6, 6.07) is 12.5. The Hall–Kier alpha value is -4.25. The van der Waals surface area contributed by atoms with Crippen molar-refractivity contribution in [3.05, 3.63) is 58.8 Å². The van der Waals surface area contributed by atoms with Gasteiger partial charge in [0.15, 0.2) is 0 Å². The molecular weight excluding hydrogens is 438 g/mol. The molecule has 2 aromatic heterocycles. The monoisotopic (exact) mass is 463 g/mol. The molecule has 2 aromatic carbocycles. The van der Waals surface area contributed by atoms with E-state index in [2.05, 4.69) is 20.4 Å². The normalized spacial score (nSPS) is 11.1. The van der Waals surface area contributed by atoms with E-state index in [0.29, 0.717) is 36.0 Å². The first-order valence-corrected chi connectivity index (χ1v) is 10.5. The summed E-state index contributed by atoms with van der Waals surface area (Å²) in [7, 11) is 7.14. The molecule has 0 unspecified atom stereocenters. The lowest BCUT2D eigenvalue weighted by Crippen LogP contribution is -2.19. The van der Waals surface area contributed by atoms with Crippen molar-refractivity contribution in [1.29, 1.82) is 0 Å². The third-order valence-electron chi connectivity index (χ3n) is 5.18. The molecule has 34 heavy (non-hydrogen) atoms. The number of para-hydroxylation sites is 1. The van der Waals surface area contributed by atoms with E-state index in [4.69, 9.17) is 9.47 Å². The highest BCUT2D eigenvalue weighted by Gasteiger charge is 2.21. The molecule has 0 amide bonds. The third-order valence-corrected chi connectivity index (χ3v) is 5.18. The summed E-state index contributed by atoms with van der Waals surface area (Å²) in [5, 5.41) is 20.3. The van der Waals surface area contributed by atoms with Crippen LogP contribution in [-0.2, 0) is 7.05 Å². The maximum atomic E-state index is 11.7. The highest BCUT2D eigenvalue weighted by Crippen LogP contribution is 2.39. The van der Waals surface area contributed by atoms with Crippen LogP contribution in [0.15, 0.2) is 48.7 Å². The summed E-state index contributed by atoms with van der Waals surface area (Å²) >= 11 is 0. The average Bonchev–Trinajstić information content (AvgIpc) is 3.16. The van der Waals surface area contributed by atoms with Gasteiger partial charge in [0, 0.05) is 37.3 Å². The van der Waals surface area contributed by atoms with E-state index in [1.807, 2.05) is 50.3 Å². The zero-order valence-corrected chi connectivity index (χ0v) is 19.3. The number of nitrogens with one attached hydrogen (secondary N) is 1. The van der Waals surface area contributed by atoms with E-state index in [9.17, 15) is 10.1 Å². The van der Waals surface area contributed by atoms with Gasteiger partial charge in [-0.1, -0.05) is 18.2 Å². The highest BCUT2D eigenvalue weighted by atomic mass is 16.6. The number of aryl methyl sites for hydroxylation is 1. The predicted molar refractivity (Wildman–Crippen MR) is 129 cm³/mol. The van der Waals surface area contributed by atoms with Gasteiger partial charge in [0.1, 0.15) is 18.1 Å². The number of rotatable bonds is 9. The Morgan fingerprint density at radius 3 is 2.71 bits per heavy atom. The van der Waals surface area contributed by atoms with Gasteiger partial charge in [0.05, 0.1) is 28.9 Å². The minimum atomic E-state index is -0.493. The van der Waals surface area contributed by atoms with E-state index < -0.39 is 4.92 Å². The van der Waals surface area contributed by atoms with Crippen molar-refractivity contribution in [3.63, 3.8) is 0 Å². The van der Waals surface area contributed by atoms with Gasteiger partial charge in [-0.2, -0.15) is 5.10 Å². The van der Waals surface area contributed by atoms with Gasteiger partial charge < -0.3 is 19.7 Å². The number of nitrogens with zero attached hydrogens (tertiary/aromatic N) is 6. The number of aromatic nitrogens is 4. The second-order valence-corrected chi connectivity index (χ2v) is 7.81. The standard InChI is InChI=1S/C23H25N7O4/c1-28(2)11-12-34-21-14-20(33-4)17(13-19(21)30(31)32)26-23-24-10-9-16(25-23)22-15-7-5-6-8-18(15)29(3)27-22/h5-10,13-14H,11-12H2,1-4H3,(H,24,25,26). The van der Waals surface area contributed by atoms with Crippen molar-refractivity contribution >= 4 is 28.2 Å². The van der Waals surface area contributed by atoms with Crippen molar-refractivity contribution in [2.45, 2.75) is 0 Å². The summed E-state index contributed by atoms with van der Waals surface area (Å²) in [6.45, 7) is 0.912. The molecule has 11 heteroatoms. The first kappa shape index (κ1) is 22.9. The van der Waals surface area contributed by atoms with Crippen LogP contribution in [0.4, 0.5) is 17.3 Å². The molecule has 1 N–H and O–H groups in total. The minimum Gasteiger partial charge on any atom is -0.494 e. The van der Waals surface area contributed by atoms with Crippen LogP contribution in [0.5, 0.6) is 11.5 Å². The van der Waals surface area contributed by atoms with Crippen LogP contribution in [0.2, 0.25) is 0 Å². The number of anilines is 2. The van der Waals surface area contributed by atoms with Gasteiger partial charge >= 0.3 is 5.69 Å². The number of nitro benzene ring substituents is 1. The Morgan fingerprint density at radius 2 is 1.97 bits per heavy atom. The molecule has 0 spiro atoms. The molecule has 0 saturated heterocycles. The van der Waals surface area contributed by atoms with Crippen LogP contribution in [0.25, 0.3) is 22.3 Å². The van der Waals surface area contributed by atoms with Crippen LogP contribution in [-0.4, -0.2) is 63.9 Å². The van der Waals surface area contributed by atoms with Gasteiger partial charge in [0.25, 0.3) is 0 Å². The van der Waals surface area contributed by atoms with E-state index in [1.54, 1.807) is 16.9 Å². The Morgan fingerprint density at radius 1 is 1.18 bits per heavy atom. The molecule has 0 aliphatic heterocycles. The lowest BCUT2D eigenvalue weighted by molar-refractivity contribution is -0.385. The van der Waals surface area contributed by atoms with Gasteiger partial charge in [-0.05, 0) is 26.2 Å². The number of hydrogen-bond donors (Lipinski definition) is 1. The second kappa shape index (κ2) is 9.71. The molecule has 0 fully saturated rings. The first-order chi connectivity index (χ1) is 16.4. The fraction of sp³-hybridized carbons (Fsp3) is 0.261. The van der Waals surface area contributed by atoms with Crippen molar-refractivity contribution < 1.29 is 14.4 Å². The number of fused-ring (bicyclic) bond motifs is 1. The quantitative estimate of drug-likeness (QED) is 0.293. The summed E-state index contributed by atoms with van der Waals surface area (Å²) in [5.74, 6) is 0.743. The smallest absolute Gasteiger partial charge is 0.313 e. The van der Waals surface area contributed by atoms with Crippen LogP contribution in [0.1, 0.15) is 0 Å². The molecule has 0 aliphatic carbocycles. The number of nitro groups is 1. The van der Waals surface area contributed by atoms with Crippen molar-refractivity contribution in [2.75, 3.05) is 39.7 Å². The predicted octanol–water partition coefficient (Wildman–Crippen LogP) is 3.63. The van der Waals surface area contributed by atoms with Crippen molar-refractivity contribution in [1.82, 2.24) is 24.6 Å². The summed E-state index contributed by atoms with van der Waals surface area (Å²) in [5.41, 5.74) is 2.47. The topological polar surface area (TPSA) is 120 Å². The SMILES string of the molecule is COc1cc(OCCN(C)C)c([N+](=O)[O-])cc1Nc1nccc(-c2nn(C)c3ccccc23)n1. The third kappa shape index (κ3) is 4.74. The van der Waals surface area contributed by atoms with E-state index >= 15 is 0 Å². The number of hydrogen-bond acceptors (Lipinski definition) is 9. The van der Waals surface area contributed by atoms with Crippen LogP contribution >= 0.6 is 0 Å². The van der Waals surface area contributed by atoms with Crippen molar-refractivity contribution in [2.24, 2.45) is 7.05 Å².